The minimum atomic E-state index is 0.271. The molecular weight excluding hydrogens is 152 g/mol. The van der Waals surface area contributed by atoms with Crippen molar-refractivity contribution in [2.24, 2.45) is 0 Å². The highest BCUT2D eigenvalue weighted by molar-refractivity contribution is 5.78. The van der Waals surface area contributed by atoms with Crippen LogP contribution in [-0.2, 0) is 4.79 Å². The molecule has 1 rings (SSSR count). The summed E-state index contributed by atoms with van der Waals surface area (Å²) in [7, 11) is 1.89. The summed E-state index contributed by atoms with van der Waals surface area (Å²) in [6.07, 6.45) is 1.72. The molecule has 0 spiro atoms. The molecule has 1 saturated heterocycles. The quantitative estimate of drug-likeness (QED) is 0.616. The van der Waals surface area contributed by atoms with E-state index in [1.165, 1.54) is 0 Å². The largest absolute Gasteiger partial charge is 0.339 e. The molecule has 0 aliphatic carbocycles. The number of amides is 1. The maximum atomic E-state index is 11.2. The third-order valence-electron chi connectivity index (χ3n) is 2.01. The lowest BCUT2D eigenvalue weighted by atomic mass is 10.3. The number of carbonyl (C=O) groups excluding carboxylic acids is 1. The van der Waals surface area contributed by atoms with Crippen molar-refractivity contribution in [2.45, 2.75) is 12.8 Å². The summed E-state index contributed by atoms with van der Waals surface area (Å²) < 4.78 is 0. The van der Waals surface area contributed by atoms with Crippen LogP contribution in [0.1, 0.15) is 12.8 Å². The van der Waals surface area contributed by atoms with Gasteiger partial charge in [0.1, 0.15) is 0 Å². The monoisotopic (exact) mass is 168 g/mol. The summed E-state index contributed by atoms with van der Waals surface area (Å²) in [6.45, 7) is 6.31. The van der Waals surface area contributed by atoms with Crippen LogP contribution < -0.4 is 5.32 Å². The summed E-state index contributed by atoms with van der Waals surface area (Å²) >= 11 is 0. The van der Waals surface area contributed by atoms with Crippen LogP contribution in [0, 0.1) is 0 Å². The van der Waals surface area contributed by atoms with E-state index < -0.39 is 0 Å². The highest BCUT2D eigenvalue weighted by Crippen LogP contribution is 2.10. The zero-order valence-corrected chi connectivity index (χ0v) is 7.60. The molecule has 0 atom stereocenters. The molecule has 0 aromatic heterocycles. The van der Waals surface area contributed by atoms with Crippen molar-refractivity contribution in [3.63, 3.8) is 0 Å². The van der Waals surface area contributed by atoms with Gasteiger partial charge in [-0.05, 0) is 19.0 Å². The van der Waals surface area contributed by atoms with Crippen molar-refractivity contribution in [2.75, 3.05) is 26.7 Å². The van der Waals surface area contributed by atoms with Gasteiger partial charge in [0.05, 0.1) is 0 Å². The molecule has 0 aromatic rings. The van der Waals surface area contributed by atoms with E-state index in [1.807, 2.05) is 11.9 Å². The third-order valence-corrected chi connectivity index (χ3v) is 2.01. The highest BCUT2D eigenvalue weighted by atomic mass is 16.2. The summed E-state index contributed by atoms with van der Waals surface area (Å²) in [6, 6.07) is 0. The molecule has 1 aliphatic rings. The second kappa shape index (κ2) is 4.26. The summed E-state index contributed by atoms with van der Waals surface area (Å²) in [5, 5.41) is 3.02. The van der Waals surface area contributed by atoms with Gasteiger partial charge in [0.25, 0.3) is 0 Å². The Hall–Kier alpha value is -0.830. The standard InChI is InChI=1S/C9H16N2O/c1-8(6-10-2)7-11-5-3-4-9(11)12/h10H,1,3-7H2,2H3. The van der Waals surface area contributed by atoms with E-state index in [1.54, 1.807) is 0 Å². The van der Waals surface area contributed by atoms with Gasteiger partial charge in [-0.3, -0.25) is 4.79 Å². The van der Waals surface area contributed by atoms with Gasteiger partial charge in [0.2, 0.25) is 5.91 Å². The van der Waals surface area contributed by atoms with Crippen LogP contribution in [0.3, 0.4) is 0 Å². The zero-order chi connectivity index (χ0) is 8.97. The van der Waals surface area contributed by atoms with Gasteiger partial charge in [-0.25, -0.2) is 0 Å². The molecule has 1 aliphatic heterocycles. The SMILES string of the molecule is C=C(CNC)CN1CCCC1=O. The molecule has 0 bridgehead atoms. The lowest BCUT2D eigenvalue weighted by Gasteiger charge is -2.16. The lowest BCUT2D eigenvalue weighted by molar-refractivity contribution is -0.127. The number of hydrogen-bond donors (Lipinski definition) is 1. The van der Waals surface area contributed by atoms with E-state index in [0.29, 0.717) is 6.42 Å². The zero-order valence-electron chi connectivity index (χ0n) is 7.60. The predicted octanol–water partition coefficient (Wildman–Crippen LogP) is 0.384. The first-order chi connectivity index (χ1) is 5.74. The topological polar surface area (TPSA) is 32.3 Å². The second-order valence-electron chi connectivity index (χ2n) is 3.20. The number of rotatable bonds is 4. The number of likely N-dealkylation sites (N-methyl/N-ethyl adjacent to an activating group) is 1. The maximum Gasteiger partial charge on any atom is 0.222 e. The normalized spacial score (nSPS) is 17.1. The van der Waals surface area contributed by atoms with Gasteiger partial charge >= 0.3 is 0 Å². The van der Waals surface area contributed by atoms with Crippen LogP contribution in [0.2, 0.25) is 0 Å². The molecule has 68 valence electrons. The van der Waals surface area contributed by atoms with Crippen LogP contribution in [-0.4, -0.2) is 37.5 Å². The molecule has 0 aromatic carbocycles. The van der Waals surface area contributed by atoms with Crippen LogP contribution >= 0.6 is 0 Å². The fourth-order valence-corrected chi connectivity index (χ4v) is 1.45. The van der Waals surface area contributed by atoms with E-state index >= 15 is 0 Å². The Balaban J connectivity index is 2.30. The molecule has 0 saturated carbocycles. The number of likely N-dealkylation sites (tertiary alicyclic amines) is 1. The molecule has 1 heterocycles. The highest BCUT2D eigenvalue weighted by Gasteiger charge is 2.19. The second-order valence-corrected chi connectivity index (χ2v) is 3.20. The fourth-order valence-electron chi connectivity index (χ4n) is 1.45. The van der Waals surface area contributed by atoms with E-state index in [0.717, 1.165) is 31.6 Å². The molecule has 12 heavy (non-hydrogen) atoms. The molecule has 1 amide bonds. The first-order valence-corrected chi connectivity index (χ1v) is 4.33. The Morgan fingerprint density at radius 3 is 3.00 bits per heavy atom. The Morgan fingerprint density at radius 2 is 2.50 bits per heavy atom. The van der Waals surface area contributed by atoms with Crippen molar-refractivity contribution >= 4 is 5.91 Å². The summed E-state index contributed by atoms with van der Waals surface area (Å²) in [5.74, 6) is 0.271. The van der Waals surface area contributed by atoms with Gasteiger partial charge in [-0.15, -0.1) is 0 Å². The molecule has 3 nitrogen and oxygen atoms in total. The van der Waals surface area contributed by atoms with Crippen LogP contribution in [0.5, 0.6) is 0 Å². The van der Waals surface area contributed by atoms with E-state index in [9.17, 15) is 4.79 Å². The number of hydrogen-bond acceptors (Lipinski definition) is 2. The Labute approximate surface area is 73.4 Å². The average Bonchev–Trinajstić information content (AvgIpc) is 2.37. The molecule has 3 heteroatoms. The van der Waals surface area contributed by atoms with E-state index in [-0.39, 0.29) is 5.91 Å². The molecular formula is C9H16N2O. The van der Waals surface area contributed by atoms with Crippen LogP contribution in [0.15, 0.2) is 12.2 Å². The molecule has 0 radical (unpaired) electrons. The van der Waals surface area contributed by atoms with Crippen LogP contribution in [0.4, 0.5) is 0 Å². The minimum absolute atomic E-state index is 0.271. The Morgan fingerprint density at radius 1 is 1.75 bits per heavy atom. The van der Waals surface area contributed by atoms with E-state index in [4.69, 9.17) is 0 Å². The number of carbonyl (C=O) groups is 1. The van der Waals surface area contributed by atoms with Crippen molar-refractivity contribution < 1.29 is 4.79 Å². The van der Waals surface area contributed by atoms with Crippen molar-refractivity contribution in [1.29, 1.82) is 0 Å². The minimum Gasteiger partial charge on any atom is -0.339 e. The first kappa shape index (κ1) is 9.26. The van der Waals surface area contributed by atoms with Gasteiger partial charge in [-0.1, -0.05) is 6.58 Å². The van der Waals surface area contributed by atoms with Crippen molar-refractivity contribution in [3.05, 3.63) is 12.2 Å². The molecule has 1 fully saturated rings. The van der Waals surface area contributed by atoms with Gasteiger partial charge in [0, 0.05) is 26.1 Å². The molecule has 1 N–H and O–H groups in total. The van der Waals surface area contributed by atoms with Gasteiger partial charge in [-0.2, -0.15) is 0 Å². The van der Waals surface area contributed by atoms with Gasteiger partial charge in [0.15, 0.2) is 0 Å². The Kier molecular flexibility index (Phi) is 3.29. The summed E-state index contributed by atoms with van der Waals surface area (Å²) in [5.41, 5.74) is 1.08. The lowest BCUT2D eigenvalue weighted by Crippen LogP contribution is -2.29. The summed E-state index contributed by atoms with van der Waals surface area (Å²) in [4.78, 5) is 13.1. The average molecular weight is 168 g/mol. The molecule has 0 unspecified atom stereocenters. The first-order valence-electron chi connectivity index (χ1n) is 4.33. The van der Waals surface area contributed by atoms with Crippen molar-refractivity contribution in [1.82, 2.24) is 10.2 Å². The van der Waals surface area contributed by atoms with Crippen molar-refractivity contribution in [3.8, 4) is 0 Å². The predicted molar refractivity (Wildman–Crippen MR) is 48.9 cm³/mol. The Bertz CT molecular complexity index is 189. The van der Waals surface area contributed by atoms with Crippen LogP contribution in [0.25, 0.3) is 0 Å². The number of nitrogens with zero attached hydrogens (tertiary/aromatic N) is 1. The maximum absolute atomic E-state index is 11.2. The number of nitrogens with one attached hydrogen (secondary N) is 1. The fraction of sp³-hybridized carbons (Fsp3) is 0.667. The van der Waals surface area contributed by atoms with E-state index in [2.05, 4.69) is 11.9 Å². The third kappa shape index (κ3) is 2.34. The van der Waals surface area contributed by atoms with Gasteiger partial charge < -0.3 is 10.2 Å². The smallest absolute Gasteiger partial charge is 0.222 e.